The molecule has 90 valence electrons. The summed E-state index contributed by atoms with van der Waals surface area (Å²) in [4.78, 5) is 0. The molecule has 16 heavy (non-hydrogen) atoms. The lowest BCUT2D eigenvalue weighted by Crippen LogP contribution is -2.34. The van der Waals surface area contributed by atoms with Crippen LogP contribution in [-0.4, -0.2) is 0 Å². The molecule has 0 nitrogen and oxygen atoms in total. The molecule has 0 unspecified atom stereocenters. The van der Waals surface area contributed by atoms with Crippen molar-refractivity contribution in [2.24, 2.45) is 16.7 Å². The van der Waals surface area contributed by atoms with E-state index >= 15 is 0 Å². The van der Waals surface area contributed by atoms with Gasteiger partial charge in [-0.2, -0.15) is 0 Å². The lowest BCUT2D eigenvalue weighted by Gasteiger charge is -2.41. The molecule has 0 bridgehead atoms. The number of rotatable bonds is 2. The van der Waals surface area contributed by atoms with E-state index in [0.29, 0.717) is 16.7 Å². The first-order valence-corrected chi connectivity index (χ1v) is 6.25. The first kappa shape index (κ1) is 13.3. The summed E-state index contributed by atoms with van der Waals surface area (Å²) in [6.07, 6.45) is 1.17. The molecule has 0 saturated heterocycles. The fourth-order valence-electron chi connectivity index (χ4n) is 2.76. The second kappa shape index (κ2) is 4.61. The van der Waals surface area contributed by atoms with Crippen molar-refractivity contribution in [1.29, 1.82) is 0 Å². The van der Waals surface area contributed by atoms with Gasteiger partial charge in [-0.15, -0.1) is 0 Å². The summed E-state index contributed by atoms with van der Waals surface area (Å²) in [6.45, 7) is 14.1. The summed E-state index contributed by atoms with van der Waals surface area (Å²) in [6, 6.07) is 10.8. The summed E-state index contributed by atoms with van der Waals surface area (Å²) < 4.78 is 0. The van der Waals surface area contributed by atoms with Crippen molar-refractivity contribution in [2.45, 2.75) is 48.0 Å². The summed E-state index contributed by atoms with van der Waals surface area (Å²) in [7, 11) is 0. The van der Waals surface area contributed by atoms with Crippen molar-refractivity contribution in [1.82, 2.24) is 0 Å². The molecule has 0 amide bonds. The van der Waals surface area contributed by atoms with Gasteiger partial charge >= 0.3 is 0 Å². The average Bonchev–Trinajstić information content (AvgIpc) is 2.12. The fraction of sp³-hybridized carbons (Fsp3) is 0.625. The molecule has 0 aliphatic carbocycles. The van der Waals surface area contributed by atoms with E-state index in [1.165, 1.54) is 12.0 Å². The van der Waals surface area contributed by atoms with Crippen molar-refractivity contribution in [3.05, 3.63) is 35.9 Å². The van der Waals surface area contributed by atoms with E-state index in [4.69, 9.17) is 0 Å². The van der Waals surface area contributed by atoms with Gasteiger partial charge in [-0.05, 0) is 28.7 Å². The molecule has 0 saturated carbocycles. The maximum atomic E-state index is 2.35. The van der Waals surface area contributed by atoms with E-state index in [-0.39, 0.29) is 0 Å². The average molecular weight is 218 g/mol. The fourth-order valence-corrected chi connectivity index (χ4v) is 2.76. The molecule has 1 rings (SSSR count). The lowest BCUT2D eigenvalue weighted by molar-refractivity contribution is 0.102. The van der Waals surface area contributed by atoms with Crippen LogP contribution in [0.1, 0.15) is 47.1 Å². The van der Waals surface area contributed by atoms with Crippen molar-refractivity contribution < 1.29 is 0 Å². The van der Waals surface area contributed by atoms with E-state index < -0.39 is 0 Å². The molecule has 0 spiro atoms. The molecular weight excluding hydrogens is 192 g/mol. The third-order valence-electron chi connectivity index (χ3n) is 3.37. The first-order chi connectivity index (χ1) is 7.21. The van der Waals surface area contributed by atoms with Crippen LogP contribution in [0.4, 0.5) is 0 Å². The van der Waals surface area contributed by atoms with Gasteiger partial charge < -0.3 is 0 Å². The molecule has 0 aromatic heterocycles. The summed E-state index contributed by atoms with van der Waals surface area (Å²) in [5.41, 5.74) is 2.17. The predicted molar refractivity (Wildman–Crippen MR) is 72.5 cm³/mol. The SMILES string of the molecule is CC(C)(C)C(Cc1ccccc1)C(C)(C)C. The first-order valence-electron chi connectivity index (χ1n) is 6.25. The molecular formula is C16H26. The van der Waals surface area contributed by atoms with Crippen LogP contribution in [0.5, 0.6) is 0 Å². The van der Waals surface area contributed by atoms with Crippen molar-refractivity contribution in [3.8, 4) is 0 Å². The molecule has 1 aromatic carbocycles. The van der Waals surface area contributed by atoms with Gasteiger partial charge in [0.05, 0.1) is 0 Å². The Morgan fingerprint density at radius 2 is 1.25 bits per heavy atom. The van der Waals surface area contributed by atoms with Gasteiger partial charge in [0.2, 0.25) is 0 Å². The monoisotopic (exact) mass is 218 g/mol. The minimum atomic E-state index is 0.355. The van der Waals surface area contributed by atoms with Crippen molar-refractivity contribution in [3.63, 3.8) is 0 Å². The summed E-state index contributed by atoms with van der Waals surface area (Å²) >= 11 is 0. The molecule has 0 aliphatic heterocycles. The van der Waals surface area contributed by atoms with Gasteiger partial charge in [-0.3, -0.25) is 0 Å². The third-order valence-corrected chi connectivity index (χ3v) is 3.37. The van der Waals surface area contributed by atoms with E-state index in [1.54, 1.807) is 0 Å². The highest BCUT2D eigenvalue weighted by Crippen LogP contribution is 2.41. The van der Waals surface area contributed by atoms with E-state index in [2.05, 4.69) is 71.9 Å². The van der Waals surface area contributed by atoms with Crippen LogP contribution in [-0.2, 0) is 6.42 Å². The van der Waals surface area contributed by atoms with Crippen LogP contribution in [0, 0.1) is 16.7 Å². The lowest BCUT2D eigenvalue weighted by atomic mass is 9.64. The zero-order chi connectivity index (χ0) is 12.4. The second-order valence-electron chi connectivity index (χ2n) is 6.97. The van der Waals surface area contributed by atoms with Gasteiger partial charge in [-0.25, -0.2) is 0 Å². The maximum Gasteiger partial charge on any atom is -0.0240 e. The van der Waals surface area contributed by atoms with E-state index in [0.717, 1.165) is 0 Å². The Bertz CT molecular complexity index is 294. The predicted octanol–water partition coefficient (Wildman–Crippen LogP) is 4.94. The topological polar surface area (TPSA) is 0 Å². The highest BCUT2D eigenvalue weighted by atomic mass is 14.4. The Morgan fingerprint density at radius 1 is 0.812 bits per heavy atom. The minimum absolute atomic E-state index is 0.355. The highest BCUT2D eigenvalue weighted by Gasteiger charge is 2.34. The largest absolute Gasteiger partial charge is 0.0622 e. The van der Waals surface area contributed by atoms with E-state index in [9.17, 15) is 0 Å². The van der Waals surface area contributed by atoms with Gasteiger partial charge in [0, 0.05) is 0 Å². The molecule has 1 aromatic rings. The molecule has 0 radical (unpaired) electrons. The number of hydrogen-bond donors (Lipinski definition) is 0. The molecule has 0 heteroatoms. The quantitative estimate of drug-likeness (QED) is 0.659. The standard InChI is InChI=1S/C16H26/c1-15(2,3)14(16(4,5)6)12-13-10-8-7-9-11-13/h7-11,14H,12H2,1-6H3. The number of benzene rings is 1. The Hall–Kier alpha value is -0.780. The van der Waals surface area contributed by atoms with Crippen molar-refractivity contribution in [2.75, 3.05) is 0 Å². The van der Waals surface area contributed by atoms with Crippen molar-refractivity contribution >= 4 is 0 Å². The Kier molecular flexibility index (Phi) is 3.83. The Labute approximate surface area is 101 Å². The van der Waals surface area contributed by atoms with E-state index in [1.807, 2.05) is 0 Å². The normalized spacial score (nSPS) is 13.2. The number of hydrogen-bond acceptors (Lipinski definition) is 0. The van der Waals surface area contributed by atoms with Gasteiger partial charge in [0.15, 0.2) is 0 Å². The van der Waals surface area contributed by atoms with Crippen LogP contribution in [0.2, 0.25) is 0 Å². The zero-order valence-corrected chi connectivity index (χ0v) is 11.7. The highest BCUT2D eigenvalue weighted by molar-refractivity contribution is 5.16. The molecule has 0 fully saturated rings. The van der Waals surface area contributed by atoms with Gasteiger partial charge in [-0.1, -0.05) is 71.9 Å². The molecule has 0 aliphatic rings. The van der Waals surface area contributed by atoms with Crippen LogP contribution in [0.3, 0.4) is 0 Å². The van der Waals surface area contributed by atoms with Crippen LogP contribution >= 0.6 is 0 Å². The van der Waals surface area contributed by atoms with Crippen LogP contribution in [0.15, 0.2) is 30.3 Å². The smallest absolute Gasteiger partial charge is 0.0240 e. The molecule has 0 heterocycles. The molecule has 0 N–H and O–H groups in total. The van der Waals surface area contributed by atoms with Gasteiger partial charge in [0.25, 0.3) is 0 Å². The summed E-state index contributed by atoms with van der Waals surface area (Å²) in [5, 5.41) is 0. The maximum absolute atomic E-state index is 2.35. The second-order valence-corrected chi connectivity index (χ2v) is 6.97. The summed E-state index contributed by atoms with van der Waals surface area (Å²) in [5.74, 6) is 0.697. The minimum Gasteiger partial charge on any atom is -0.0622 e. The van der Waals surface area contributed by atoms with Crippen LogP contribution < -0.4 is 0 Å². The zero-order valence-electron chi connectivity index (χ0n) is 11.7. The Morgan fingerprint density at radius 3 is 1.62 bits per heavy atom. The third kappa shape index (κ3) is 3.66. The van der Waals surface area contributed by atoms with Gasteiger partial charge in [0.1, 0.15) is 0 Å². The molecule has 0 atom stereocenters. The van der Waals surface area contributed by atoms with Crippen LogP contribution in [0.25, 0.3) is 0 Å². The Balaban J connectivity index is 2.89.